The van der Waals surface area contributed by atoms with Crippen LogP contribution in [-0.2, 0) is 4.74 Å². The zero-order valence-electron chi connectivity index (χ0n) is 12.9. The van der Waals surface area contributed by atoms with E-state index in [1.54, 1.807) is 6.07 Å². The van der Waals surface area contributed by atoms with Crippen molar-refractivity contribution < 1.29 is 14.6 Å². The van der Waals surface area contributed by atoms with Gasteiger partial charge in [-0.1, -0.05) is 17.9 Å². The second kappa shape index (κ2) is 9.17. The fourth-order valence-electron chi connectivity index (χ4n) is 1.85. The van der Waals surface area contributed by atoms with Crippen molar-refractivity contribution in [2.24, 2.45) is 0 Å². The number of aryl methyl sites for hydroxylation is 1. The summed E-state index contributed by atoms with van der Waals surface area (Å²) in [6.45, 7) is 6.90. The molecule has 21 heavy (non-hydrogen) atoms. The Bertz CT molecular complexity index is 529. The molecule has 4 nitrogen and oxygen atoms in total. The quantitative estimate of drug-likeness (QED) is 0.786. The minimum absolute atomic E-state index is 0.0201. The van der Waals surface area contributed by atoms with E-state index >= 15 is 0 Å². The number of hydrogen-bond acceptors (Lipinski definition) is 3. The summed E-state index contributed by atoms with van der Waals surface area (Å²) in [6.07, 6.45) is 0.379. The van der Waals surface area contributed by atoms with Gasteiger partial charge in [0.1, 0.15) is 0 Å². The van der Waals surface area contributed by atoms with E-state index in [4.69, 9.17) is 9.84 Å². The van der Waals surface area contributed by atoms with Crippen molar-refractivity contribution in [3.05, 3.63) is 34.9 Å². The fourth-order valence-corrected chi connectivity index (χ4v) is 1.85. The van der Waals surface area contributed by atoms with Crippen LogP contribution >= 0.6 is 0 Å². The number of aliphatic hydroxyl groups excluding tert-OH is 1. The molecule has 0 aliphatic rings. The lowest BCUT2D eigenvalue weighted by molar-refractivity contribution is 0.0695. The number of aliphatic hydroxyl groups is 1. The van der Waals surface area contributed by atoms with Gasteiger partial charge in [-0.25, -0.2) is 0 Å². The Labute approximate surface area is 126 Å². The van der Waals surface area contributed by atoms with Gasteiger partial charge in [0.15, 0.2) is 0 Å². The molecule has 0 saturated heterocycles. The second-order valence-corrected chi connectivity index (χ2v) is 4.80. The molecule has 0 bridgehead atoms. The molecule has 1 atom stereocenters. The summed E-state index contributed by atoms with van der Waals surface area (Å²) in [7, 11) is 0. The normalized spacial score (nSPS) is 11.4. The minimum Gasteiger partial charge on any atom is -0.395 e. The van der Waals surface area contributed by atoms with Gasteiger partial charge >= 0.3 is 0 Å². The van der Waals surface area contributed by atoms with Crippen LogP contribution in [-0.4, -0.2) is 36.9 Å². The zero-order valence-corrected chi connectivity index (χ0v) is 12.9. The van der Waals surface area contributed by atoms with E-state index < -0.39 is 0 Å². The Hall–Kier alpha value is -1.83. The molecule has 1 amide bonds. The molecule has 0 fully saturated rings. The molecule has 1 aromatic rings. The van der Waals surface area contributed by atoms with E-state index in [1.165, 1.54) is 0 Å². The van der Waals surface area contributed by atoms with Gasteiger partial charge in [-0.2, -0.15) is 0 Å². The van der Waals surface area contributed by atoms with E-state index in [-0.39, 0.29) is 18.6 Å². The van der Waals surface area contributed by atoms with Crippen LogP contribution in [0.2, 0.25) is 0 Å². The van der Waals surface area contributed by atoms with Crippen molar-refractivity contribution in [2.75, 3.05) is 19.8 Å². The summed E-state index contributed by atoms with van der Waals surface area (Å²) in [5, 5.41) is 11.6. The van der Waals surface area contributed by atoms with Crippen LogP contribution < -0.4 is 5.32 Å². The van der Waals surface area contributed by atoms with Crippen LogP contribution in [0.5, 0.6) is 0 Å². The van der Waals surface area contributed by atoms with Crippen molar-refractivity contribution in [1.82, 2.24) is 5.32 Å². The maximum absolute atomic E-state index is 12.2. The number of hydrogen-bond donors (Lipinski definition) is 2. The van der Waals surface area contributed by atoms with Crippen molar-refractivity contribution >= 4 is 5.91 Å². The number of benzene rings is 1. The highest BCUT2D eigenvalue weighted by Crippen LogP contribution is 2.11. The number of carbonyl (C=O) groups excluding carboxylic acids is 1. The fraction of sp³-hybridized carbons (Fsp3) is 0.471. The number of nitrogens with one attached hydrogen (secondary N) is 1. The average molecular weight is 289 g/mol. The Balaban J connectivity index is 2.81. The topological polar surface area (TPSA) is 58.6 Å². The molecule has 0 aliphatic heterocycles. The van der Waals surface area contributed by atoms with E-state index in [1.807, 2.05) is 32.9 Å². The minimum atomic E-state index is -0.158. The maximum atomic E-state index is 12.2. The van der Waals surface area contributed by atoms with E-state index in [2.05, 4.69) is 17.2 Å². The maximum Gasteiger partial charge on any atom is 0.252 e. The molecule has 1 aromatic carbocycles. The molecule has 0 saturated carbocycles. The Morgan fingerprint density at radius 1 is 1.48 bits per heavy atom. The van der Waals surface area contributed by atoms with Crippen LogP contribution in [0.25, 0.3) is 0 Å². The lowest BCUT2D eigenvalue weighted by Gasteiger charge is -2.13. The standard InChI is InChI=1S/C17H23NO3/c1-4-21-14(3)12-18-17(20)16-9-8-13(2)11-15(16)7-5-6-10-19/h8-9,11,14,19H,4,6,10,12H2,1-3H3,(H,18,20). The van der Waals surface area contributed by atoms with Crippen LogP contribution in [0.3, 0.4) is 0 Å². The van der Waals surface area contributed by atoms with Gasteiger partial charge in [-0.05, 0) is 38.5 Å². The second-order valence-electron chi connectivity index (χ2n) is 4.80. The number of amides is 1. The van der Waals surface area contributed by atoms with Gasteiger partial charge in [0.25, 0.3) is 5.91 Å². The molecular formula is C17H23NO3. The van der Waals surface area contributed by atoms with Gasteiger partial charge in [-0.15, -0.1) is 0 Å². The van der Waals surface area contributed by atoms with E-state index in [0.717, 1.165) is 5.56 Å². The highest BCUT2D eigenvalue weighted by molar-refractivity contribution is 5.96. The van der Waals surface area contributed by atoms with Crippen LogP contribution in [0.4, 0.5) is 0 Å². The van der Waals surface area contributed by atoms with Crippen molar-refractivity contribution in [3.8, 4) is 11.8 Å². The third-order valence-corrected chi connectivity index (χ3v) is 2.88. The van der Waals surface area contributed by atoms with E-state index in [9.17, 15) is 4.79 Å². The summed E-state index contributed by atoms with van der Waals surface area (Å²) in [5.74, 6) is 5.64. The van der Waals surface area contributed by atoms with Gasteiger partial charge in [0.05, 0.1) is 18.3 Å². The largest absolute Gasteiger partial charge is 0.395 e. The summed E-state index contributed by atoms with van der Waals surface area (Å²) >= 11 is 0. The van der Waals surface area contributed by atoms with Crippen LogP contribution in [0, 0.1) is 18.8 Å². The molecule has 0 radical (unpaired) electrons. The molecule has 0 spiro atoms. The third-order valence-electron chi connectivity index (χ3n) is 2.88. The van der Waals surface area contributed by atoms with Gasteiger partial charge in [0.2, 0.25) is 0 Å². The first-order valence-corrected chi connectivity index (χ1v) is 7.18. The average Bonchev–Trinajstić information content (AvgIpc) is 2.45. The first-order valence-electron chi connectivity index (χ1n) is 7.18. The van der Waals surface area contributed by atoms with Gasteiger partial charge in [-0.3, -0.25) is 4.79 Å². The predicted molar refractivity (Wildman–Crippen MR) is 83.2 cm³/mol. The highest BCUT2D eigenvalue weighted by Gasteiger charge is 2.11. The highest BCUT2D eigenvalue weighted by atomic mass is 16.5. The van der Waals surface area contributed by atoms with Crippen LogP contribution in [0.1, 0.15) is 41.8 Å². The zero-order chi connectivity index (χ0) is 15.7. The van der Waals surface area contributed by atoms with Crippen molar-refractivity contribution in [1.29, 1.82) is 0 Å². The molecule has 1 unspecified atom stereocenters. The predicted octanol–water partition coefficient (Wildman–Crippen LogP) is 1.88. The van der Waals surface area contributed by atoms with Gasteiger partial charge in [0, 0.05) is 25.1 Å². The molecular weight excluding hydrogens is 266 g/mol. The molecule has 0 aromatic heterocycles. The number of rotatable bonds is 6. The summed E-state index contributed by atoms with van der Waals surface area (Å²) < 4.78 is 5.39. The third kappa shape index (κ3) is 5.99. The summed E-state index contributed by atoms with van der Waals surface area (Å²) in [4.78, 5) is 12.2. The van der Waals surface area contributed by atoms with Crippen LogP contribution in [0.15, 0.2) is 18.2 Å². The molecule has 2 N–H and O–H groups in total. The lowest BCUT2D eigenvalue weighted by Crippen LogP contribution is -2.32. The molecule has 1 rings (SSSR count). The first-order chi connectivity index (χ1) is 10.1. The smallest absolute Gasteiger partial charge is 0.252 e. The number of ether oxygens (including phenoxy) is 1. The molecule has 114 valence electrons. The lowest BCUT2D eigenvalue weighted by atomic mass is 10.0. The van der Waals surface area contributed by atoms with Crippen molar-refractivity contribution in [2.45, 2.75) is 33.3 Å². The Morgan fingerprint density at radius 3 is 2.90 bits per heavy atom. The number of carbonyl (C=O) groups is 1. The SMILES string of the molecule is CCOC(C)CNC(=O)c1ccc(C)cc1C#CCCO. The Kier molecular flexibility index (Phi) is 7.52. The Morgan fingerprint density at radius 2 is 2.24 bits per heavy atom. The van der Waals surface area contributed by atoms with Crippen molar-refractivity contribution in [3.63, 3.8) is 0 Å². The van der Waals surface area contributed by atoms with E-state index in [0.29, 0.717) is 30.7 Å². The summed E-state index contributed by atoms with van der Waals surface area (Å²) in [6, 6.07) is 5.54. The summed E-state index contributed by atoms with van der Waals surface area (Å²) in [5.41, 5.74) is 2.28. The monoisotopic (exact) mass is 289 g/mol. The molecule has 0 aliphatic carbocycles. The molecule has 0 heterocycles. The molecule has 4 heteroatoms. The first kappa shape index (κ1) is 17.2. The van der Waals surface area contributed by atoms with Gasteiger partial charge < -0.3 is 15.2 Å².